The van der Waals surface area contributed by atoms with E-state index >= 15 is 0 Å². The quantitative estimate of drug-likeness (QED) is 0.717. The Morgan fingerprint density at radius 3 is 2.78 bits per heavy atom. The molecule has 0 aliphatic heterocycles. The van der Waals surface area contributed by atoms with Gasteiger partial charge in [0.25, 0.3) is 10.0 Å². The Morgan fingerprint density at radius 2 is 2.22 bits per heavy atom. The largest absolute Gasteiger partial charge is 0.446 e. The van der Waals surface area contributed by atoms with Gasteiger partial charge in [0.2, 0.25) is 5.09 Å². The number of nitrogens with one attached hydrogen (secondary N) is 2. The SMILES string of the molecule is O=c1[nH]c(CNS(=O)(=O)c2ccc(CO)o2)cs1. The van der Waals surface area contributed by atoms with Gasteiger partial charge in [0.05, 0.1) is 6.54 Å². The molecule has 0 radical (unpaired) electrons. The summed E-state index contributed by atoms with van der Waals surface area (Å²) < 4.78 is 30.7. The number of hydrogen-bond donors (Lipinski definition) is 3. The van der Waals surface area contributed by atoms with Crippen LogP contribution in [-0.4, -0.2) is 18.5 Å². The van der Waals surface area contributed by atoms with Crippen molar-refractivity contribution in [2.45, 2.75) is 18.2 Å². The van der Waals surface area contributed by atoms with Crippen molar-refractivity contribution < 1.29 is 17.9 Å². The Bertz CT molecular complexity index is 682. The molecule has 9 heteroatoms. The van der Waals surface area contributed by atoms with Crippen LogP contribution in [0.1, 0.15) is 11.5 Å². The number of furan rings is 1. The third-order valence-corrected chi connectivity index (χ3v) is 4.07. The highest BCUT2D eigenvalue weighted by atomic mass is 32.2. The first kappa shape index (κ1) is 13.0. The van der Waals surface area contributed by atoms with Crippen molar-refractivity contribution in [3.8, 4) is 0 Å². The van der Waals surface area contributed by atoms with Gasteiger partial charge in [-0.05, 0) is 12.1 Å². The molecule has 0 aliphatic rings. The predicted octanol–water partition coefficient (Wildman–Crippen LogP) is 0.000200. The molecule has 0 bridgehead atoms. The van der Waals surface area contributed by atoms with Gasteiger partial charge in [-0.25, -0.2) is 13.1 Å². The van der Waals surface area contributed by atoms with Crippen LogP contribution in [0.4, 0.5) is 0 Å². The first-order chi connectivity index (χ1) is 8.51. The fourth-order valence-electron chi connectivity index (χ4n) is 1.23. The number of H-pyrrole nitrogens is 1. The number of hydrogen-bond acceptors (Lipinski definition) is 6. The number of thiazole rings is 1. The second-order valence-corrected chi connectivity index (χ2v) is 5.92. The highest BCUT2D eigenvalue weighted by Crippen LogP contribution is 2.13. The molecule has 18 heavy (non-hydrogen) atoms. The summed E-state index contributed by atoms with van der Waals surface area (Å²) in [6.45, 7) is -0.399. The number of aromatic amines is 1. The van der Waals surface area contributed by atoms with E-state index in [9.17, 15) is 13.2 Å². The molecule has 0 saturated carbocycles. The van der Waals surface area contributed by atoms with Crippen LogP contribution in [0.3, 0.4) is 0 Å². The molecule has 0 aromatic carbocycles. The molecule has 0 saturated heterocycles. The first-order valence-electron chi connectivity index (χ1n) is 4.87. The molecule has 7 nitrogen and oxygen atoms in total. The molecule has 98 valence electrons. The maximum Gasteiger partial charge on any atom is 0.304 e. The van der Waals surface area contributed by atoms with E-state index in [0.29, 0.717) is 5.69 Å². The van der Waals surface area contributed by atoms with Crippen molar-refractivity contribution in [3.63, 3.8) is 0 Å². The van der Waals surface area contributed by atoms with Gasteiger partial charge in [-0.3, -0.25) is 4.79 Å². The van der Waals surface area contributed by atoms with Gasteiger partial charge in [0, 0.05) is 11.1 Å². The second-order valence-electron chi connectivity index (χ2n) is 3.38. The third-order valence-electron chi connectivity index (χ3n) is 2.08. The maximum atomic E-state index is 11.8. The van der Waals surface area contributed by atoms with E-state index in [1.807, 2.05) is 0 Å². The Labute approximate surface area is 106 Å². The molecular weight excluding hydrogens is 280 g/mol. The van der Waals surface area contributed by atoms with Gasteiger partial charge in [0.1, 0.15) is 12.4 Å². The van der Waals surface area contributed by atoms with Gasteiger partial charge in [-0.15, -0.1) is 0 Å². The van der Waals surface area contributed by atoms with E-state index < -0.39 is 10.0 Å². The van der Waals surface area contributed by atoms with Gasteiger partial charge in [0.15, 0.2) is 0 Å². The number of rotatable bonds is 5. The van der Waals surface area contributed by atoms with Crippen molar-refractivity contribution >= 4 is 21.4 Å². The fourth-order valence-corrected chi connectivity index (χ4v) is 2.77. The van der Waals surface area contributed by atoms with Gasteiger partial charge in [-0.1, -0.05) is 11.3 Å². The molecule has 2 rings (SSSR count). The molecule has 2 heterocycles. The summed E-state index contributed by atoms with van der Waals surface area (Å²) >= 11 is 0.956. The van der Waals surface area contributed by atoms with E-state index in [1.165, 1.54) is 17.5 Å². The van der Waals surface area contributed by atoms with Crippen molar-refractivity contribution in [1.82, 2.24) is 9.71 Å². The number of sulfonamides is 1. The van der Waals surface area contributed by atoms with E-state index in [0.717, 1.165) is 11.3 Å². The van der Waals surface area contributed by atoms with Crippen LogP contribution in [0.25, 0.3) is 0 Å². The molecule has 0 atom stereocenters. The zero-order chi connectivity index (χ0) is 13.2. The average molecular weight is 290 g/mol. The molecule has 0 unspecified atom stereocenters. The van der Waals surface area contributed by atoms with Crippen molar-refractivity contribution in [2.24, 2.45) is 0 Å². The molecule has 3 N–H and O–H groups in total. The number of aromatic nitrogens is 1. The minimum absolute atomic E-state index is 0.0315. The lowest BCUT2D eigenvalue weighted by Crippen LogP contribution is -2.23. The van der Waals surface area contributed by atoms with Crippen LogP contribution in [0.5, 0.6) is 0 Å². The fraction of sp³-hybridized carbons (Fsp3) is 0.222. The predicted molar refractivity (Wildman–Crippen MR) is 63.6 cm³/mol. The summed E-state index contributed by atoms with van der Waals surface area (Å²) in [6.07, 6.45) is 0. The minimum atomic E-state index is -3.78. The average Bonchev–Trinajstić information content (AvgIpc) is 2.95. The summed E-state index contributed by atoms with van der Waals surface area (Å²) in [5, 5.41) is 10.0. The number of aliphatic hydroxyl groups is 1. The van der Waals surface area contributed by atoms with Gasteiger partial charge < -0.3 is 14.5 Å². The first-order valence-corrected chi connectivity index (χ1v) is 7.23. The summed E-state index contributed by atoms with van der Waals surface area (Å²) in [6, 6.07) is 2.63. The lowest BCUT2D eigenvalue weighted by molar-refractivity contribution is 0.236. The van der Waals surface area contributed by atoms with Gasteiger partial charge >= 0.3 is 4.87 Å². The number of aliphatic hydroxyl groups excluding tert-OH is 1. The molecular formula is C9H10N2O5S2. The van der Waals surface area contributed by atoms with Crippen molar-refractivity contribution in [2.75, 3.05) is 0 Å². The zero-order valence-electron chi connectivity index (χ0n) is 9.04. The smallest absolute Gasteiger partial charge is 0.304 e. The van der Waals surface area contributed by atoms with E-state index in [4.69, 9.17) is 9.52 Å². The van der Waals surface area contributed by atoms with Crippen LogP contribution in [-0.2, 0) is 23.2 Å². The molecule has 0 amide bonds. The molecule has 0 fully saturated rings. The normalized spacial score (nSPS) is 11.8. The summed E-state index contributed by atoms with van der Waals surface area (Å²) in [4.78, 5) is 13.1. The Balaban J connectivity index is 2.10. The highest BCUT2D eigenvalue weighted by Gasteiger charge is 2.18. The Morgan fingerprint density at radius 1 is 1.44 bits per heavy atom. The van der Waals surface area contributed by atoms with Gasteiger partial charge in [-0.2, -0.15) is 0 Å². The van der Waals surface area contributed by atoms with E-state index in [1.54, 1.807) is 0 Å². The van der Waals surface area contributed by atoms with Crippen molar-refractivity contribution in [3.05, 3.63) is 38.6 Å². The van der Waals surface area contributed by atoms with Crippen LogP contribution < -0.4 is 9.60 Å². The topological polar surface area (TPSA) is 112 Å². The molecule has 0 spiro atoms. The summed E-state index contributed by atoms with van der Waals surface area (Å²) in [7, 11) is -3.78. The summed E-state index contributed by atoms with van der Waals surface area (Å²) in [5.74, 6) is 0.166. The molecule has 2 aromatic rings. The van der Waals surface area contributed by atoms with Crippen LogP contribution in [0, 0.1) is 0 Å². The monoisotopic (exact) mass is 290 g/mol. The summed E-state index contributed by atoms with van der Waals surface area (Å²) in [5.41, 5.74) is 0.475. The van der Waals surface area contributed by atoms with E-state index in [2.05, 4.69) is 9.71 Å². The van der Waals surface area contributed by atoms with Crippen molar-refractivity contribution in [1.29, 1.82) is 0 Å². The maximum absolute atomic E-state index is 11.8. The van der Waals surface area contributed by atoms with Crippen LogP contribution in [0.15, 0.2) is 31.8 Å². The minimum Gasteiger partial charge on any atom is -0.446 e. The van der Waals surface area contributed by atoms with E-state index in [-0.39, 0.29) is 28.9 Å². The molecule has 2 aromatic heterocycles. The Kier molecular flexibility index (Phi) is 3.66. The zero-order valence-corrected chi connectivity index (χ0v) is 10.7. The Hall–Kier alpha value is -1.42. The molecule has 0 aliphatic carbocycles. The lowest BCUT2D eigenvalue weighted by atomic mass is 10.5. The van der Waals surface area contributed by atoms with Crippen LogP contribution in [0.2, 0.25) is 0 Å². The van der Waals surface area contributed by atoms with Crippen LogP contribution >= 0.6 is 11.3 Å². The third kappa shape index (κ3) is 2.88. The standard InChI is InChI=1S/C9H10N2O5S2/c12-4-7-1-2-8(16-7)18(14,15)10-3-6-5-17-9(13)11-6/h1-2,5,10,12H,3-4H2,(H,11,13). The lowest BCUT2D eigenvalue weighted by Gasteiger charge is -2.01. The second kappa shape index (κ2) is 5.06. The highest BCUT2D eigenvalue weighted by molar-refractivity contribution is 7.89.